The average molecular weight is 285 g/mol. The summed E-state index contributed by atoms with van der Waals surface area (Å²) in [6.07, 6.45) is 1.02. The summed E-state index contributed by atoms with van der Waals surface area (Å²) < 4.78 is 13.3. The molecule has 1 unspecified atom stereocenters. The van der Waals surface area contributed by atoms with Gasteiger partial charge in [0.1, 0.15) is 5.82 Å². The molecule has 0 amide bonds. The van der Waals surface area contributed by atoms with E-state index in [1.54, 1.807) is 0 Å². The van der Waals surface area contributed by atoms with Crippen LogP contribution in [0.5, 0.6) is 0 Å². The number of halogens is 2. The molecule has 104 valence electrons. The fourth-order valence-corrected chi connectivity index (χ4v) is 2.63. The van der Waals surface area contributed by atoms with Crippen LogP contribution in [0.3, 0.4) is 0 Å². The van der Waals surface area contributed by atoms with Gasteiger partial charge in [-0.1, -0.05) is 11.6 Å². The van der Waals surface area contributed by atoms with Crippen molar-refractivity contribution < 1.29 is 9.18 Å². The highest BCUT2D eigenvalue weighted by Crippen LogP contribution is 2.21. The Kier molecular flexibility index (Phi) is 4.55. The quantitative estimate of drug-likeness (QED) is 0.779. The maximum atomic E-state index is 13.3. The molecule has 0 radical (unpaired) electrons. The normalized spacial score (nSPS) is 22.2. The molecule has 0 aliphatic carbocycles. The van der Waals surface area contributed by atoms with Gasteiger partial charge in [-0.15, -0.1) is 0 Å². The predicted molar refractivity (Wildman–Crippen MR) is 74.3 cm³/mol. The monoisotopic (exact) mass is 284 g/mol. The Hall–Kier alpha value is -0.970. The summed E-state index contributed by atoms with van der Waals surface area (Å²) in [7, 11) is 3.92. The average Bonchev–Trinajstić information content (AvgIpc) is 2.53. The third-order valence-corrected chi connectivity index (χ3v) is 3.89. The van der Waals surface area contributed by atoms with Crippen LogP contribution < -0.4 is 0 Å². The van der Waals surface area contributed by atoms with E-state index in [0.29, 0.717) is 11.6 Å². The number of hydrogen-bond acceptors (Lipinski definition) is 3. The minimum atomic E-state index is -0.433. The second-order valence-corrected chi connectivity index (χ2v) is 5.51. The molecule has 1 atom stereocenters. The van der Waals surface area contributed by atoms with Crippen molar-refractivity contribution in [2.24, 2.45) is 0 Å². The second kappa shape index (κ2) is 5.99. The van der Waals surface area contributed by atoms with Crippen molar-refractivity contribution in [2.75, 3.05) is 33.7 Å². The molecule has 1 fully saturated rings. The van der Waals surface area contributed by atoms with E-state index in [1.807, 2.05) is 19.0 Å². The van der Waals surface area contributed by atoms with Crippen LogP contribution >= 0.6 is 11.6 Å². The number of likely N-dealkylation sites (N-methyl/N-ethyl adjacent to an activating group) is 2. The van der Waals surface area contributed by atoms with Gasteiger partial charge >= 0.3 is 0 Å². The van der Waals surface area contributed by atoms with E-state index in [-0.39, 0.29) is 17.4 Å². The maximum absolute atomic E-state index is 13.3. The lowest BCUT2D eigenvalue weighted by Crippen LogP contribution is -2.43. The fourth-order valence-electron chi connectivity index (χ4n) is 2.42. The van der Waals surface area contributed by atoms with Crippen LogP contribution in [0.25, 0.3) is 0 Å². The van der Waals surface area contributed by atoms with Gasteiger partial charge in [0, 0.05) is 12.1 Å². The lowest BCUT2D eigenvalue weighted by molar-refractivity contribution is 0.0839. The molecule has 2 rings (SSSR count). The Morgan fingerprint density at radius 3 is 2.84 bits per heavy atom. The van der Waals surface area contributed by atoms with Gasteiger partial charge in [0.15, 0.2) is 5.78 Å². The molecule has 19 heavy (non-hydrogen) atoms. The summed E-state index contributed by atoms with van der Waals surface area (Å²) in [6.45, 7) is 2.46. The Bertz CT molecular complexity index is 481. The number of nitrogens with zero attached hydrogens (tertiary/aromatic N) is 2. The zero-order valence-electron chi connectivity index (χ0n) is 11.2. The molecular formula is C14H18ClFN2O. The van der Waals surface area contributed by atoms with Crippen LogP contribution in [-0.4, -0.2) is 55.4 Å². The Labute approximate surface area is 117 Å². The van der Waals surface area contributed by atoms with Crippen LogP contribution in [0.15, 0.2) is 18.2 Å². The van der Waals surface area contributed by atoms with Gasteiger partial charge in [-0.05, 0) is 51.8 Å². The molecule has 1 aliphatic rings. The number of ketones is 1. The first-order valence-corrected chi connectivity index (χ1v) is 6.75. The van der Waals surface area contributed by atoms with Crippen LogP contribution in [0.1, 0.15) is 16.8 Å². The van der Waals surface area contributed by atoms with Crippen molar-refractivity contribution >= 4 is 17.4 Å². The summed E-state index contributed by atoms with van der Waals surface area (Å²) in [5.41, 5.74) is 0.272. The highest BCUT2D eigenvalue weighted by molar-refractivity contribution is 6.34. The van der Waals surface area contributed by atoms with Crippen molar-refractivity contribution in [3.63, 3.8) is 0 Å². The summed E-state index contributed by atoms with van der Waals surface area (Å²) in [4.78, 5) is 16.7. The smallest absolute Gasteiger partial charge is 0.182 e. The lowest BCUT2D eigenvalue weighted by atomic mass is 10.0. The molecule has 0 spiro atoms. The fraction of sp³-hybridized carbons (Fsp3) is 0.500. The Balaban J connectivity index is 2.28. The van der Waals surface area contributed by atoms with Crippen LogP contribution in [-0.2, 0) is 0 Å². The van der Waals surface area contributed by atoms with E-state index < -0.39 is 5.82 Å². The number of carbonyl (C=O) groups excluding carboxylic acids is 1. The van der Waals surface area contributed by atoms with Crippen molar-refractivity contribution in [1.82, 2.24) is 9.80 Å². The molecule has 0 saturated carbocycles. The van der Waals surface area contributed by atoms with Crippen LogP contribution in [0.2, 0.25) is 5.02 Å². The molecule has 1 aliphatic heterocycles. The highest BCUT2D eigenvalue weighted by Gasteiger charge is 2.29. The zero-order chi connectivity index (χ0) is 14.0. The molecule has 1 saturated heterocycles. The number of carbonyl (C=O) groups is 1. The maximum Gasteiger partial charge on any atom is 0.182 e. The van der Waals surface area contributed by atoms with E-state index >= 15 is 0 Å². The van der Waals surface area contributed by atoms with Crippen molar-refractivity contribution in [1.29, 1.82) is 0 Å². The molecule has 1 aromatic rings. The number of Topliss-reactive ketones (excluding diaryl/α,β-unsaturated/α-hetero) is 1. The zero-order valence-corrected chi connectivity index (χ0v) is 12.0. The van der Waals surface area contributed by atoms with Gasteiger partial charge < -0.3 is 4.90 Å². The molecule has 0 N–H and O–H groups in total. The number of rotatable bonds is 2. The first kappa shape index (κ1) is 14.4. The van der Waals surface area contributed by atoms with E-state index in [2.05, 4.69) is 4.90 Å². The first-order valence-electron chi connectivity index (χ1n) is 6.37. The Morgan fingerprint density at radius 2 is 2.11 bits per heavy atom. The molecule has 5 heteroatoms. The molecule has 1 heterocycles. The van der Waals surface area contributed by atoms with E-state index in [0.717, 1.165) is 19.5 Å². The van der Waals surface area contributed by atoms with E-state index in [9.17, 15) is 9.18 Å². The van der Waals surface area contributed by atoms with Gasteiger partial charge in [-0.3, -0.25) is 9.69 Å². The Morgan fingerprint density at radius 1 is 1.37 bits per heavy atom. The molecular weight excluding hydrogens is 267 g/mol. The topological polar surface area (TPSA) is 23.6 Å². The predicted octanol–water partition coefficient (Wildman–Crippen LogP) is 2.30. The summed E-state index contributed by atoms with van der Waals surface area (Å²) in [6, 6.07) is 3.66. The van der Waals surface area contributed by atoms with Gasteiger partial charge in [0.2, 0.25) is 0 Å². The summed E-state index contributed by atoms with van der Waals surface area (Å²) >= 11 is 6.02. The van der Waals surface area contributed by atoms with Gasteiger partial charge in [0.05, 0.1) is 11.1 Å². The van der Waals surface area contributed by atoms with Crippen molar-refractivity contribution in [3.05, 3.63) is 34.6 Å². The third kappa shape index (κ3) is 3.32. The first-order chi connectivity index (χ1) is 8.99. The summed E-state index contributed by atoms with van der Waals surface area (Å²) in [5, 5.41) is 0.312. The largest absolute Gasteiger partial charge is 0.304 e. The SMILES string of the molecule is CN1CCCN(C)C(C(=O)c2cc(F)ccc2Cl)C1. The molecule has 0 bridgehead atoms. The molecule has 0 aromatic heterocycles. The van der Waals surface area contributed by atoms with E-state index in [1.165, 1.54) is 18.2 Å². The minimum absolute atomic E-state index is 0.110. The number of hydrogen-bond donors (Lipinski definition) is 0. The third-order valence-electron chi connectivity index (χ3n) is 3.56. The van der Waals surface area contributed by atoms with Crippen molar-refractivity contribution in [3.8, 4) is 0 Å². The van der Waals surface area contributed by atoms with Crippen LogP contribution in [0, 0.1) is 5.82 Å². The molecule has 1 aromatic carbocycles. The standard InChI is InChI=1S/C14H18ClFN2O/c1-17-6-3-7-18(2)13(9-17)14(19)11-8-10(16)4-5-12(11)15/h4-5,8,13H,3,6-7,9H2,1-2H3. The van der Waals surface area contributed by atoms with E-state index in [4.69, 9.17) is 11.6 Å². The second-order valence-electron chi connectivity index (χ2n) is 5.10. The summed E-state index contributed by atoms with van der Waals surface area (Å²) in [5.74, 6) is -0.543. The number of benzene rings is 1. The molecule has 3 nitrogen and oxygen atoms in total. The van der Waals surface area contributed by atoms with Gasteiger partial charge in [-0.25, -0.2) is 4.39 Å². The van der Waals surface area contributed by atoms with Gasteiger partial charge in [0.25, 0.3) is 0 Å². The van der Waals surface area contributed by atoms with Crippen molar-refractivity contribution in [2.45, 2.75) is 12.5 Å². The van der Waals surface area contributed by atoms with Crippen LogP contribution in [0.4, 0.5) is 4.39 Å². The lowest BCUT2D eigenvalue weighted by Gasteiger charge is -2.26. The van der Waals surface area contributed by atoms with Gasteiger partial charge in [-0.2, -0.15) is 0 Å². The highest BCUT2D eigenvalue weighted by atomic mass is 35.5. The minimum Gasteiger partial charge on any atom is -0.304 e.